The largest absolute Gasteiger partial charge is 0.489 e. The van der Waals surface area contributed by atoms with Gasteiger partial charge in [0.05, 0.1) is 5.56 Å². The number of hydrogen-bond donors (Lipinski definition) is 0. The summed E-state index contributed by atoms with van der Waals surface area (Å²) >= 11 is 3.43. The zero-order valence-corrected chi connectivity index (χ0v) is 17.8. The highest BCUT2D eigenvalue weighted by Gasteiger charge is 2.28. The highest BCUT2D eigenvalue weighted by Crippen LogP contribution is 2.36. The third-order valence-electron chi connectivity index (χ3n) is 5.17. The molecule has 0 atom stereocenters. The first-order chi connectivity index (χ1) is 14.6. The number of ketones is 1. The molecule has 0 amide bonds. The van der Waals surface area contributed by atoms with Gasteiger partial charge < -0.3 is 14.0 Å². The van der Waals surface area contributed by atoms with Crippen molar-refractivity contribution in [2.75, 3.05) is 0 Å². The molecule has 1 aliphatic heterocycles. The Morgan fingerprint density at radius 3 is 2.70 bits per heavy atom. The number of carbonyl (C=O) groups is 1. The number of aryl methyl sites for hydroxylation is 1. The smallest absolute Gasteiger partial charge is 0.231 e. The quantitative estimate of drug-likeness (QED) is 0.344. The van der Waals surface area contributed by atoms with Gasteiger partial charge in [0.15, 0.2) is 5.76 Å². The predicted molar refractivity (Wildman–Crippen MR) is 121 cm³/mol. The summed E-state index contributed by atoms with van der Waals surface area (Å²) in [5, 5.41) is 1.08. The molecular weight excluding hydrogens is 442 g/mol. The molecule has 0 aliphatic carbocycles. The Bertz CT molecular complexity index is 1300. The first-order valence-corrected chi connectivity index (χ1v) is 10.4. The van der Waals surface area contributed by atoms with Crippen LogP contribution in [0.2, 0.25) is 0 Å². The SMILES string of the molecule is Cn1cc(/C=C2\Oc3cc(OCc4ccc(Br)cc4)ccc3C2=O)c2ccccc21. The number of ether oxygens (including phenoxy) is 2. The highest BCUT2D eigenvalue weighted by atomic mass is 79.9. The summed E-state index contributed by atoms with van der Waals surface area (Å²) < 4.78 is 14.9. The summed E-state index contributed by atoms with van der Waals surface area (Å²) in [4.78, 5) is 12.8. The van der Waals surface area contributed by atoms with Gasteiger partial charge in [-0.3, -0.25) is 4.79 Å². The molecule has 30 heavy (non-hydrogen) atoms. The Hall–Kier alpha value is -3.31. The molecule has 0 fully saturated rings. The van der Waals surface area contributed by atoms with Crippen LogP contribution >= 0.6 is 15.9 Å². The number of aromatic nitrogens is 1. The molecule has 1 aromatic heterocycles. The van der Waals surface area contributed by atoms with Gasteiger partial charge in [-0.1, -0.05) is 46.3 Å². The van der Waals surface area contributed by atoms with Gasteiger partial charge in [-0.05, 0) is 42.0 Å². The number of halogens is 1. The van der Waals surface area contributed by atoms with Gasteiger partial charge in [0.25, 0.3) is 0 Å². The van der Waals surface area contributed by atoms with Crippen molar-refractivity contribution in [3.8, 4) is 11.5 Å². The standard InChI is InChI=1S/C25H18BrNO3/c1-27-14-17(20-4-2-3-5-22(20)27)12-24-25(28)21-11-10-19(13-23(21)30-24)29-15-16-6-8-18(26)9-7-16/h2-14H,15H2,1H3/b24-12-. The van der Waals surface area contributed by atoms with E-state index in [-0.39, 0.29) is 5.78 Å². The van der Waals surface area contributed by atoms with Crippen molar-refractivity contribution in [3.05, 3.63) is 99.8 Å². The van der Waals surface area contributed by atoms with Crippen LogP contribution in [0.1, 0.15) is 21.5 Å². The molecule has 148 valence electrons. The molecule has 4 nitrogen and oxygen atoms in total. The van der Waals surface area contributed by atoms with Crippen LogP contribution in [0.15, 0.2) is 83.2 Å². The number of rotatable bonds is 4. The van der Waals surface area contributed by atoms with Gasteiger partial charge in [-0.2, -0.15) is 0 Å². The second-order valence-corrected chi connectivity index (χ2v) is 8.14. The van der Waals surface area contributed by atoms with Crippen LogP contribution in [0, 0.1) is 0 Å². The molecule has 0 N–H and O–H groups in total. The second kappa shape index (κ2) is 7.50. The van der Waals surface area contributed by atoms with Crippen LogP contribution in [0.4, 0.5) is 0 Å². The average Bonchev–Trinajstić information content (AvgIpc) is 3.24. The fourth-order valence-electron chi connectivity index (χ4n) is 3.63. The lowest BCUT2D eigenvalue weighted by Crippen LogP contribution is -1.97. The van der Waals surface area contributed by atoms with E-state index in [0.717, 1.165) is 26.5 Å². The summed E-state index contributed by atoms with van der Waals surface area (Å²) in [6.07, 6.45) is 3.82. The van der Waals surface area contributed by atoms with E-state index in [2.05, 4.69) is 22.0 Å². The lowest BCUT2D eigenvalue weighted by molar-refractivity contribution is 0.101. The van der Waals surface area contributed by atoms with Crippen LogP contribution in [0.5, 0.6) is 11.5 Å². The minimum atomic E-state index is -0.114. The lowest BCUT2D eigenvalue weighted by atomic mass is 10.1. The third-order valence-corrected chi connectivity index (χ3v) is 5.70. The number of para-hydroxylation sites is 1. The van der Waals surface area contributed by atoms with Crippen LogP contribution in [0.3, 0.4) is 0 Å². The molecule has 2 heterocycles. The van der Waals surface area contributed by atoms with E-state index in [0.29, 0.717) is 29.4 Å². The third kappa shape index (κ3) is 3.42. The molecule has 5 rings (SSSR count). The molecule has 1 aliphatic rings. The van der Waals surface area contributed by atoms with E-state index < -0.39 is 0 Å². The van der Waals surface area contributed by atoms with Crippen molar-refractivity contribution in [1.82, 2.24) is 4.57 Å². The highest BCUT2D eigenvalue weighted by molar-refractivity contribution is 9.10. The van der Waals surface area contributed by atoms with Crippen LogP contribution < -0.4 is 9.47 Å². The van der Waals surface area contributed by atoms with Crippen molar-refractivity contribution < 1.29 is 14.3 Å². The molecule has 3 aromatic carbocycles. The fraction of sp³-hybridized carbons (Fsp3) is 0.0800. The topological polar surface area (TPSA) is 40.5 Å². The zero-order chi connectivity index (χ0) is 20.7. The lowest BCUT2D eigenvalue weighted by Gasteiger charge is -2.07. The van der Waals surface area contributed by atoms with E-state index in [1.165, 1.54) is 0 Å². The van der Waals surface area contributed by atoms with Crippen molar-refractivity contribution >= 4 is 38.7 Å². The molecule has 0 saturated heterocycles. The monoisotopic (exact) mass is 459 g/mol. The molecule has 0 unspecified atom stereocenters. The number of allylic oxidation sites excluding steroid dienone is 1. The Labute approximate surface area is 182 Å². The van der Waals surface area contributed by atoms with Gasteiger partial charge >= 0.3 is 0 Å². The van der Waals surface area contributed by atoms with Crippen molar-refractivity contribution in [2.45, 2.75) is 6.61 Å². The maximum absolute atomic E-state index is 12.8. The predicted octanol–water partition coefficient (Wildman–Crippen LogP) is 6.14. The number of Topliss-reactive ketones (excluding diaryl/α,β-unsaturated/α-hetero) is 1. The summed E-state index contributed by atoms with van der Waals surface area (Å²) in [7, 11) is 1.99. The summed E-state index contributed by atoms with van der Waals surface area (Å²) in [5.41, 5.74) is 3.68. The average molecular weight is 460 g/mol. The molecule has 0 bridgehead atoms. The summed E-state index contributed by atoms with van der Waals surface area (Å²) in [5.74, 6) is 1.40. The first-order valence-electron chi connectivity index (χ1n) is 9.58. The Balaban J connectivity index is 1.39. The van der Waals surface area contributed by atoms with Gasteiger partial charge in [0.1, 0.15) is 18.1 Å². The minimum absolute atomic E-state index is 0.114. The molecule has 0 radical (unpaired) electrons. The first kappa shape index (κ1) is 18.7. The van der Waals surface area contributed by atoms with Crippen molar-refractivity contribution in [3.63, 3.8) is 0 Å². The summed E-state index contributed by atoms with van der Waals surface area (Å²) in [6, 6.07) is 21.4. The number of fused-ring (bicyclic) bond motifs is 2. The van der Waals surface area contributed by atoms with Crippen LogP contribution in [0.25, 0.3) is 17.0 Å². The zero-order valence-electron chi connectivity index (χ0n) is 16.3. The maximum atomic E-state index is 12.8. The van der Waals surface area contributed by atoms with E-state index in [9.17, 15) is 4.79 Å². The molecular formula is C25H18BrNO3. The fourth-order valence-corrected chi connectivity index (χ4v) is 3.90. The normalized spacial score (nSPS) is 14.2. The van der Waals surface area contributed by atoms with Gasteiger partial charge in [-0.15, -0.1) is 0 Å². The van der Waals surface area contributed by atoms with Crippen molar-refractivity contribution in [1.29, 1.82) is 0 Å². The van der Waals surface area contributed by atoms with Crippen LogP contribution in [-0.4, -0.2) is 10.4 Å². The van der Waals surface area contributed by atoms with Gasteiger partial charge in [0, 0.05) is 40.2 Å². The second-order valence-electron chi connectivity index (χ2n) is 7.23. The summed E-state index contributed by atoms with van der Waals surface area (Å²) in [6.45, 7) is 0.443. The van der Waals surface area contributed by atoms with Crippen molar-refractivity contribution in [2.24, 2.45) is 7.05 Å². The number of benzene rings is 3. The number of carbonyl (C=O) groups excluding carboxylic acids is 1. The van der Waals surface area contributed by atoms with Gasteiger partial charge in [0.2, 0.25) is 5.78 Å². The molecule has 5 heteroatoms. The molecule has 0 spiro atoms. The Kier molecular flexibility index (Phi) is 4.68. The number of nitrogens with zero attached hydrogens (tertiary/aromatic N) is 1. The Morgan fingerprint density at radius 1 is 1.07 bits per heavy atom. The Morgan fingerprint density at radius 2 is 1.87 bits per heavy atom. The minimum Gasteiger partial charge on any atom is -0.489 e. The molecule has 4 aromatic rings. The van der Waals surface area contributed by atoms with E-state index in [4.69, 9.17) is 9.47 Å². The molecule has 0 saturated carbocycles. The van der Waals surface area contributed by atoms with Crippen LogP contribution in [-0.2, 0) is 13.7 Å². The number of hydrogen-bond acceptors (Lipinski definition) is 3. The van der Waals surface area contributed by atoms with Gasteiger partial charge in [-0.25, -0.2) is 0 Å². The van der Waals surface area contributed by atoms with E-state index in [1.54, 1.807) is 18.2 Å². The maximum Gasteiger partial charge on any atom is 0.231 e. The van der Waals surface area contributed by atoms with E-state index >= 15 is 0 Å². The van der Waals surface area contributed by atoms with E-state index in [1.807, 2.05) is 66.4 Å².